The summed E-state index contributed by atoms with van der Waals surface area (Å²) in [5.74, 6) is -1.12. The minimum atomic E-state index is -4.55. The number of aryl methyl sites for hydroxylation is 2. The number of nitrogens with zero attached hydrogens (tertiary/aromatic N) is 6. The van der Waals surface area contributed by atoms with E-state index in [0.717, 1.165) is 10.3 Å². The van der Waals surface area contributed by atoms with Crippen molar-refractivity contribution in [2.75, 3.05) is 6.54 Å². The zero-order chi connectivity index (χ0) is 17.6. The number of carbonyl (C=O) groups excluding carboxylic acids is 1. The van der Waals surface area contributed by atoms with Crippen LogP contribution in [-0.4, -0.2) is 41.9 Å². The van der Waals surface area contributed by atoms with Crippen LogP contribution < -0.4 is 0 Å². The Labute approximate surface area is 136 Å². The second kappa shape index (κ2) is 5.60. The van der Waals surface area contributed by atoms with Gasteiger partial charge in [0.15, 0.2) is 5.82 Å². The molecule has 0 atom stereocenters. The van der Waals surface area contributed by atoms with Gasteiger partial charge >= 0.3 is 6.18 Å². The van der Waals surface area contributed by atoms with Crippen molar-refractivity contribution in [2.45, 2.75) is 46.6 Å². The van der Waals surface area contributed by atoms with E-state index >= 15 is 0 Å². The molecule has 0 radical (unpaired) electrons. The maximum Gasteiger partial charge on any atom is 0.451 e. The molecule has 130 valence electrons. The van der Waals surface area contributed by atoms with E-state index in [1.807, 2.05) is 13.8 Å². The molecule has 3 heterocycles. The minimum Gasteiger partial charge on any atom is -0.329 e. The number of aromatic nitrogens is 5. The Bertz CT molecular complexity index is 791. The van der Waals surface area contributed by atoms with Crippen molar-refractivity contribution in [1.29, 1.82) is 0 Å². The Kier molecular flexibility index (Phi) is 3.84. The van der Waals surface area contributed by atoms with E-state index in [0.29, 0.717) is 17.8 Å². The third-order valence-corrected chi connectivity index (χ3v) is 4.19. The molecule has 1 aliphatic rings. The van der Waals surface area contributed by atoms with Crippen molar-refractivity contribution in [3.8, 4) is 0 Å². The number of carbonyl (C=O) groups is 1. The van der Waals surface area contributed by atoms with E-state index in [1.54, 1.807) is 11.6 Å². The first-order valence-corrected chi connectivity index (χ1v) is 7.56. The van der Waals surface area contributed by atoms with Gasteiger partial charge < -0.3 is 9.47 Å². The fourth-order valence-electron chi connectivity index (χ4n) is 3.01. The van der Waals surface area contributed by atoms with Gasteiger partial charge in [0.25, 0.3) is 5.91 Å². The standard InChI is InChI=1S/C14H17F3N6O/c1-4-23-9(3)11(8(2)20-23)12(24)21-5-6-22-10(7-21)18-19-13(22)14(15,16)17/h4-7H2,1-3H3. The number of alkyl halides is 3. The fourth-order valence-corrected chi connectivity index (χ4v) is 3.01. The summed E-state index contributed by atoms with van der Waals surface area (Å²) in [5, 5.41) is 11.1. The summed E-state index contributed by atoms with van der Waals surface area (Å²) in [6, 6.07) is 0. The number of hydrogen-bond donors (Lipinski definition) is 0. The van der Waals surface area contributed by atoms with E-state index < -0.39 is 12.0 Å². The molecule has 1 amide bonds. The van der Waals surface area contributed by atoms with Gasteiger partial charge in [-0.15, -0.1) is 10.2 Å². The molecule has 0 saturated carbocycles. The van der Waals surface area contributed by atoms with Crippen molar-refractivity contribution >= 4 is 5.91 Å². The van der Waals surface area contributed by atoms with Gasteiger partial charge in [-0.2, -0.15) is 18.3 Å². The Morgan fingerprint density at radius 2 is 1.92 bits per heavy atom. The normalized spacial score (nSPS) is 14.8. The van der Waals surface area contributed by atoms with E-state index in [-0.39, 0.29) is 31.4 Å². The summed E-state index contributed by atoms with van der Waals surface area (Å²) in [7, 11) is 0. The Balaban J connectivity index is 1.87. The lowest BCUT2D eigenvalue weighted by Gasteiger charge is -2.28. The van der Waals surface area contributed by atoms with E-state index in [2.05, 4.69) is 15.3 Å². The van der Waals surface area contributed by atoms with Gasteiger partial charge in [-0.3, -0.25) is 9.48 Å². The smallest absolute Gasteiger partial charge is 0.329 e. The molecule has 0 spiro atoms. The molecule has 0 bridgehead atoms. The third-order valence-electron chi connectivity index (χ3n) is 4.19. The first-order valence-electron chi connectivity index (χ1n) is 7.56. The van der Waals surface area contributed by atoms with E-state index in [4.69, 9.17) is 0 Å². The average molecular weight is 342 g/mol. The SMILES string of the molecule is CCn1nc(C)c(C(=O)N2CCn3c(nnc3C(F)(F)F)C2)c1C. The summed E-state index contributed by atoms with van der Waals surface area (Å²) in [6.45, 7) is 6.31. The zero-order valence-corrected chi connectivity index (χ0v) is 13.6. The Hall–Kier alpha value is -2.39. The first-order chi connectivity index (χ1) is 11.2. The molecule has 0 aliphatic carbocycles. The second-order valence-electron chi connectivity index (χ2n) is 5.68. The fraction of sp³-hybridized carbons (Fsp3) is 0.571. The third kappa shape index (κ3) is 2.55. The summed E-state index contributed by atoms with van der Waals surface area (Å²) in [4.78, 5) is 14.3. The van der Waals surface area contributed by atoms with Crippen LogP contribution in [0.4, 0.5) is 13.2 Å². The van der Waals surface area contributed by atoms with Crippen molar-refractivity contribution in [1.82, 2.24) is 29.4 Å². The highest BCUT2D eigenvalue weighted by Crippen LogP contribution is 2.29. The van der Waals surface area contributed by atoms with Gasteiger partial charge in [-0.1, -0.05) is 0 Å². The monoisotopic (exact) mass is 342 g/mol. The molecule has 2 aromatic heterocycles. The molecular formula is C14H17F3N6O. The predicted molar refractivity (Wildman–Crippen MR) is 77.1 cm³/mol. The minimum absolute atomic E-state index is 0.00189. The molecule has 0 unspecified atom stereocenters. The van der Waals surface area contributed by atoms with Crippen molar-refractivity contribution in [3.05, 3.63) is 28.6 Å². The quantitative estimate of drug-likeness (QED) is 0.834. The zero-order valence-electron chi connectivity index (χ0n) is 13.6. The number of halogens is 3. The molecule has 0 saturated heterocycles. The largest absolute Gasteiger partial charge is 0.451 e. The summed E-state index contributed by atoms with van der Waals surface area (Å²) < 4.78 is 41.3. The molecule has 0 fully saturated rings. The highest BCUT2D eigenvalue weighted by molar-refractivity contribution is 5.96. The highest BCUT2D eigenvalue weighted by atomic mass is 19.4. The van der Waals surface area contributed by atoms with Crippen LogP contribution in [-0.2, 0) is 25.8 Å². The molecule has 10 heteroatoms. The maximum absolute atomic E-state index is 12.9. The van der Waals surface area contributed by atoms with Gasteiger partial charge in [-0.25, -0.2) is 0 Å². The van der Waals surface area contributed by atoms with E-state index in [1.165, 1.54) is 4.90 Å². The number of rotatable bonds is 2. The van der Waals surface area contributed by atoms with Crippen molar-refractivity contribution in [2.24, 2.45) is 0 Å². The lowest BCUT2D eigenvalue weighted by molar-refractivity contribution is -0.147. The molecule has 1 aliphatic heterocycles. The van der Waals surface area contributed by atoms with Crippen molar-refractivity contribution in [3.63, 3.8) is 0 Å². The number of fused-ring (bicyclic) bond motifs is 1. The van der Waals surface area contributed by atoms with Gasteiger partial charge in [0.1, 0.15) is 0 Å². The van der Waals surface area contributed by atoms with Crippen LogP contribution in [0.5, 0.6) is 0 Å². The van der Waals surface area contributed by atoms with E-state index in [9.17, 15) is 18.0 Å². The molecule has 2 aromatic rings. The first kappa shape index (κ1) is 16.5. The second-order valence-corrected chi connectivity index (χ2v) is 5.68. The van der Waals surface area contributed by atoms with Crippen LogP contribution in [0.2, 0.25) is 0 Å². The van der Waals surface area contributed by atoms with Crippen LogP contribution in [0, 0.1) is 13.8 Å². The molecular weight excluding hydrogens is 325 g/mol. The van der Waals surface area contributed by atoms with Gasteiger partial charge in [-0.05, 0) is 20.8 Å². The highest BCUT2D eigenvalue weighted by Gasteiger charge is 2.40. The molecule has 3 rings (SSSR count). The van der Waals surface area contributed by atoms with Crippen LogP contribution in [0.25, 0.3) is 0 Å². The summed E-state index contributed by atoms with van der Waals surface area (Å²) >= 11 is 0. The van der Waals surface area contributed by atoms with Gasteiger partial charge in [0.05, 0.1) is 17.8 Å². The topological polar surface area (TPSA) is 68.8 Å². The summed E-state index contributed by atoms with van der Waals surface area (Å²) in [6.07, 6.45) is -4.55. The molecule has 0 N–H and O–H groups in total. The Morgan fingerprint density at radius 1 is 1.21 bits per heavy atom. The number of amides is 1. The molecule has 7 nitrogen and oxygen atoms in total. The Morgan fingerprint density at radius 3 is 2.50 bits per heavy atom. The van der Waals surface area contributed by atoms with Crippen LogP contribution in [0.15, 0.2) is 0 Å². The van der Waals surface area contributed by atoms with Gasteiger partial charge in [0, 0.05) is 25.3 Å². The average Bonchev–Trinajstić information content (AvgIpc) is 3.06. The van der Waals surface area contributed by atoms with Crippen molar-refractivity contribution < 1.29 is 18.0 Å². The molecule has 0 aromatic carbocycles. The number of hydrogen-bond acceptors (Lipinski definition) is 4. The lowest BCUT2D eigenvalue weighted by atomic mass is 10.1. The lowest BCUT2D eigenvalue weighted by Crippen LogP contribution is -2.39. The van der Waals surface area contributed by atoms with Crippen LogP contribution >= 0.6 is 0 Å². The molecule has 24 heavy (non-hydrogen) atoms. The van der Waals surface area contributed by atoms with Crippen LogP contribution in [0.1, 0.15) is 40.3 Å². The summed E-state index contributed by atoms with van der Waals surface area (Å²) in [5.41, 5.74) is 1.87. The van der Waals surface area contributed by atoms with Gasteiger partial charge in [0.2, 0.25) is 5.82 Å². The van der Waals surface area contributed by atoms with Crippen LogP contribution in [0.3, 0.4) is 0 Å². The predicted octanol–water partition coefficient (Wildman–Crippen LogP) is 1.79. The maximum atomic E-state index is 12.9.